The van der Waals surface area contributed by atoms with Crippen LogP contribution in [0.3, 0.4) is 0 Å². The number of hydrogen-bond acceptors (Lipinski definition) is 7. The molecule has 0 aliphatic carbocycles. The summed E-state index contributed by atoms with van der Waals surface area (Å²) in [7, 11) is -4.89. The van der Waals surface area contributed by atoms with Gasteiger partial charge in [-0.25, -0.2) is 0 Å². The van der Waals surface area contributed by atoms with E-state index in [1.807, 2.05) is 110 Å². The third kappa shape index (κ3) is 4.40. The van der Waals surface area contributed by atoms with Crippen LogP contribution in [-0.2, 0) is 18.7 Å². The van der Waals surface area contributed by atoms with E-state index >= 15 is 0 Å². The molecule has 1 aromatic heterocycles. The fourth-order valence-corrected chi connectivity index (χ4v) is 13.2. The molecule has 2 bridgehead atoms. The average Bonchev–Trinajstić information content (AvgIpc) is 3.62. The van der Waals surface area contributed by atoms with Crippen molar-refractivity contribution in [3.8, 4) is 0 Å². The summed E-state index contributed by atoms with van der Waals surface area (Å²) in [4.78, 5) is 14.8. The standard InChI is InChI=1S/C30H28N3O6PS/c1-2-20-40(25-12-6-3-7-13-25,26-14-8-4-9-15-26,27-16-10-5-11-17-27)39-41(35,36)38-33-29-22-32(30(33)34)19-18-28(29)24-21-31-37-23-24/h2-18,20-21,23,29H,19,22H2,1H3. The van der Waals surface area contributed by atoms with Crippen LogP contribution >= 0.6 is 6.83 Å². The summed E-state index contributed by atoms with van der Waals surface area (Å²) in [6.45, 7) is -2.05. The molecular formula is C30H28N3O6PS. The number of aromatic nitrogens is 1. The Morgan fingerprint density at radius 1 is 0.927 bits per heavy atom. The average molecular weight is 590 g/mol. The van der Waals surface area contributed by atoms with E-state index in [4.69, 9.17) is 12.8 Å². The van der Waals surface area contributed by atoms with E-state index in [2.05, 4.69) is 5.16 Å². The minimum atomic E-state index is -4.89. The Balaban J connectivity index is 1.52. The summed E-state index contributed by atoms with van der Waals surface area (Å²) in [5.41, 5.74) is 1.33. The number of hydrogen-bond donors (Lipinski definition) is 0. The molecule has 2 aliphatic heterocycles. The second kappa shape index (κ2) is 10.4. The summed E-state index contributed by atoms with van der Waals surface area (Å²) in [5.74, 6) is 1.84. The topological polar surface area (TPSA) is 102 Å². The van der Waals surface area contributed by atoms with Crippen LogP contribution in [0.5, 0.6) is 0 Å². The van der Waals surface area contributed by atoms with Gasteiger partial charge in [0.1, 0.15) is 0 Å². The first-order valence-corrected chi connectivity index (χ1v) is 16.6. The second-order valence-corrected chi connectivity index (χ2v) is 15.4. The molecule has 0 N–H and O–H groups in total. The Kier molecular flexibility index (Phi) is 6.87. The minimum absolute atomic E-state index is 0.250. The van der Waals surface area contributed by atoms with Crippen molar-refractivity contribution < 1.29 is 26.0 Å². The second-order valence-electron chi connectivity index (χ2n) is 9.75. The molecule has 1 atom stereocenters. The normalized spacial score (nSPS) is 18.4. The van der Waals surface area contributed by atoms with Gasteiger partial charge in [-0.15, -0.1) is 0 Å². The first-order valence-electron chi connectivity index (χ1n) is 13.0. The molecular weight excluding hydrogens is 561 g/mol. The van der Waals surface area contributed by atoms with E-state index in [0.29, 0.717) is 33.6 Å². The number of amides is 2. The van der Waals surface area contributed by atoms with Gasteiger partial charge < -0.3 is 0 Å². The van der Waals surface area contributed by atoms with Crippen molar-refractivity contribution in [3.63, 3.8) is 0 Å². The monoisotopic (exact) mass is 589 g/mol. The van der Waals surface area contributed by atoms with E-state index in [0.717, 1.165) is 5.06 Å². The molecule has 2 amide bonds. The van der Waals surface area contributed by atoms with Gasteiger partial charge in [-0.1, -0.05) is 0 Å². The summed E-state index contributed by atoms with van der Waals surface area (Å²) >= 11 is 0. The van der Waals surface area contributed by atoms with E-state index in [1.54, 1.807) is 6.08 Å². The third-order valence-corrected chi connectivity index (χ3v) is 14.6. The van der Waals surface area contributed by atoms with Gasteiger partial charge in [-0.2, -0.15) is 0 Å². The number of carbonyl (C=O) groups is 1. The maximum atomic E-state index is 14.2. The number of allylic oxidation sites excluding steroid dienone is 1. The van der Waals surface area contributed by atoms with Crippen LogP contribution < -0.4 is 15.9 Å². The molecule has 4 aromatic rings. The van der Waals surface area contributed by atoms with Crippen LogP contribution in [0.2, 0.25) is 0 Å². The summed E-state index contributed by atoms with van der Waals surface area (Å²) in [5, 5.41) is 6.60. The fraction of sp³-hybridized carbons (Fsp3) is 0.133. The molecule has 0 spiro atoms. The van der Waals surface area contributed by atoms with Crippen molar-refractivity contribution in [3.05, 3.63) is 127 Å². The number of carbonyl (C=O) groups excluding carboxylic acids is 1. The predicted molar refractivity (Wildman–Crippen MR) is 158 cm³/mol. The number of benzene rings is 3. The zero-order valence-corrected chi connectivity index (χ0v) is 23.9. The molecule has 2 aliphatic rings. The maximum absolute atomic E-state index is 14.2. The zero-order valence-electron chi connectivity index (χ0n) is 22.2. The SMILES string of the molecule is CC=CP(OS(=O)(=O)ON1C(=O)N2CC=C(c3cnoc3)C1C2)(c1ccccc1)(c1ccccc1)c1ccccc1. The van der Waals surface area contributed by atoms with E-state index in [1.165, 1.54) is 17.4 Å². The van der Waals surface area contributed by atoms with E-state index in [-0.39, 0.29) is 6.54 Å². The quantitative estimate of drug-likeness (QED) is 0.268. The van der Waals surface area contributed by atoms with Gasteiger partial charge in [-0.05, 0) is 0 Å². The molecule has 9 nitrogen and oxygen atoms in total. The molecule has 41 heavy (non-hydrogen) atoms. The first kappa shape index (κ1) is 27.1. The van der Waals surface area contributed by atoms with Crippen molar-refractivity contribution >= 4 is 44.7 Å². The Morgan fingerprint density at radius 3 is 1.98 bits per heavy atom. The van der Waals surface area contributed by atoms with Crippen molar-refractivity contribution in [2.24, 2.45) is 0 Å². The molecule has 6 rings (SSSR count). The van der Waals surface area contributed by atoms with Gasteiger partial charge in [0.2, 0.25) is 0 Å². The zero-order chi connectivity index (χ0) is 28.5. The molecule has 210 valence electrons. The fourth-order valence-electron chi connectivity index (χ4n) is 5.71. The number of rotatable bonds is 9. The molecule has 0 saturated carbocycles. The van der Waals surface area contributed by atoms with Crippen LogP contribution in [0.4, 0.5) is 4.79 Å². The Morgan fingerprint density at radius 2 is 1.49 bits per heavy atom. The third-order valence-electron chi connectivity index (χ3n) is 7.45. The van der Waals surface area contributed by atoms with E-state index in [9.17, 15) is 13.2 Å². The van der Waals surface area contributed by atoms with Gasteiger partial charge in [0, 0.05) is 0 Å². The number of urea groups is 1. The molecule has 1 unspecified atom stereocenters. The molecule has 3 aromatic carbocycles. The molecule has 11 heteroatoms. The van der Waals surface area contributed by atoms with Crippen molar-refractivity contribution in [1.29, 1.82) is 0 Å². The summed E-state index contributed by atoms with van der Waals surface area (Å²) in [6.07, 6.45) is 6.61. The summed E-state index contributed by atoms with van der Waals surface area (Å²) in [6, 6.07) is 26.6. The Labute approximate surface area is 238 Å². The predicted octanol–water partition coefficient (Wildman–Crippen LogP) is 4.35. The van der Waals surface area contributed by atoms with Gasteiger partial charge in [0.05, 0.1) is 0 Å². The summed E-state index contributed by atoms with van der Waals surface area (Å²) < 4.78 is 45.6. The van der Waals surface area contributed by atoms with Gasteiger partial charge >= 0.3 is 239 Å². The number of hydroxylamine groups is 2. The Bertz CT molecular complexity index is 1610. The van der Waals surface area contributed by atoms with Crippen molar-refractivity contribution in [2.45, 2.75) is 13.0 Å². The van der Waals surface area contributed by atoms with Crippen molar-refractivity contribution in [1.82, 2.24) is 15.1 Å². The molecule has 3 heterocycles. The molecule has 1 fully saturated rings. The molecule has 1 saturated heterocycles. The van der Waals surface area contributed by atoms with Gasteiger partial charge in [0.25, 0.3) is 0 Å². The van der Waals surface area contributed by atoms with Crippen molar-refractivity contribution in [2.75, 3.05) is 13.1 Å². The Hall–Kier alpha value is -4.08. The van der Waals surface area contributed by atoms with Crippen LogP contribution in [0.15, 0.2) is 126 Å². The molecule has 0 radical (unpaired) electrons. The van der Waals surface area contributed by atoms with Gasteiger partial charge in [-0.3, -0.25) is 0 Å². The van der Waals surface area contributed by atoms with Crippen LogP contribution in [0, 0.1) is 0 Å². The van der Waals surface area contributed by atoms with Crippen LogP contribution in [0.1, 0.15) is 12.5 Å². The van der Waals surface area contributed by atoms with Crippen LogP contribution in [0.25, 0.3) is 5.57 Å². The van der Waals surface area contributed by atoms with Gasteiger partial charge in [0.15, 0.2) is 0 Å². The first-order chi connectivity index (χ1) is 19.9. The number of nitrogens with zero attached hydrogens (tertiary/aromatic N) is 3. The van der Waals surface area contributed by atoms with E-state index < -0.39 is 29.3 Å². The van der Waals surface area contributed by atoms with Crippen LogP contribution in [-0.4, -0.2) is 48.7 Å². The number of fused-ring (bicyclic) bond motifs is 2.